The monoisotopic (exact) mass is 272 g/mol. The van der Waals surface area contributed by atoms with E-state index in [1.807, 2.05) is 0 Å². The van der Waals surface area contributed by atoms with Crippen molar-refractivity contribution in [1.29, 1.82) is 0 Å². The molecular formula is C11H16N2O4S. The normalized spacial score (nSPS) is 11.6. The lowest BCUT2D eigenvalue weighted by Gasteiger charge is -2.28. The Labute approximate surface area is 106 Å². The smallest absolute Gasteiger partial charge is 0.323 e. The van der Waals surface area contributed by atoms with E-state index in [1.165, 1.54) is 11.0 Å². The molecule has 0 aromatic heterocycles. The molecule has 0 spiro atoms. The Bertz CT molecular complexity index is 540. The van der Waals surface area contributed by atoms with E-state index >= 15 is 0 Å². The Morgan fingerprint density at radius 2 is 1.94 bits per heavy atom. The number of primary sulfonamides is 1. The number of rotatable bonds is 5. The van der Waals surface area contributed by atoms with E-state index in [0.717, 1.165) is 0 Å². The highest BCUT2D eigenvalue weighted by Crippen LogP contribution is 2.25. The molecule has 0 amide bonds. The summed E-state index contributed by atoms with van der Waals surface area (Å²) in [5, 5.41) is 14.0. The van der Waals surface area contributed by atoms with E-state index in [2.05, 4.69) is 0 Å². The minimum absolute atomic E-state index is 0.0695. The first-order chi connectivity index (χ1) is 8.23. The van der Waals surface area contributed by atoms with Crippen molar-refractivity contribution in [3.63, 3.8) is 0 Å². The fourth-order valence-electron chi connectivity index (χ4n) is 1.63. The number of nitrogens with zero attached hydrogens (tertiary/aromatic N) is 1. The SMILES string of the molecule is CC(C)N(CC(=O)O)c1ccccc1S(N)(=O)=O. The summed E-state index contributed by atoms with van der Waals surface area (Å²) in [6, 6.07) is 5.93. The molecule has 0 aliphatic carbocycles. The zero-order valence-corrected chi connectivity index (χ0v) is 11.0. The van der Waals surface area contributed by atoms with Gasteiger partial charge in [0.15, 0.2) is 0 Å². The van der Waals surface area contributed by atoms with Crippen molar-refractivity contribution in [2.75, 3.05) is 11.4 Å². The molecule has 0 aliphatic rings. The molecule has 0 heterocycles. The number of carboxylic acids is 1. The number of para-hydroxylation sites is 1. The minimum atomic E-state index is -3.88. The van der Waals surface area contributed by atoms with E-state index in [4.69, 9.17) is 10.2 Å². The van der Waals surface area contributed by atoms with Gasteiger partial charge in [-0.15, -0.1) is 0 Å². The molecule has 0 saturated carbocycles. The number of nitrogens with two attached hydrogens (primary N) is 1. The summed E-state index contributed by atoms with van der Waals surface area (Å²) in [7, 11) is -3.88. The number of aliphatic carboxylic acids is 1. The average molecular weight is 272 g/mol. The lowest BCUT2D eigenvalue weighted by molar-refractivity contribution is -0.135. The molecule has 0 bridgehead atoms. The zero-order valence-electron chi connectivity index (χ0n) is 10.2. The number of carbonyl (C=O) groups is 1. The van der Waals surface area contributed by atoms with Crippen LogP contribution in [-0.4, -0.2) is 32.1 Å². The lowest BCUT2D eigenvalue weighted by atomic mass is 10.2. The first-order valence-corrected chi connectivity index (χ1v) is 6.88. The standard InChI is InChI=1S/C11H16N2O4S/c1-8(2)13(7-11(14)15)9-5-3-4-6-10(9)18(12,16)17/h3-6,8H,7H2,1-2H3,(H,14,15)(H2,12,16,17). The van der Waals surface area contributed by atoms with Gasteiger partial charge in [0, 0.05) is 6.04 Å². The average Bonchev–Trinajstić information content (AvgIpc) is 2.24. The summed E-state index contributed by atoms with van der Waals surface area (Å²) in [5.74, 6) is -1.03. The van der Waals surface area contributed by atoms with Crippen LogP contribution in [0, 0.1) is 0 Å². The first-order valence-electron chi connectivity index (χ1n) is 5.33. The molecule has 3 N–H and O–H groups in total. The van der Waals surface area contributed by atoms with Gasteiger partial charge in [-0.2, -0.15) is 0 Å². The van der Waals surface area contributed by atoms with Crippen LogP contribution in [0.2, 0.25) is 0 Å². The van der Waals surface area contributed by atoms with Crippen LogP contribution in [0.15, 0.2) is 29.2 Å². The third-order valence-corrected chi connectivity index (χ3v) is 3.37. The first kappa shape index (κ1) is 14.5. The summed E-state index contributed by atoms with van der Waals surface area (Å²) in [4.78, 5) is 12.2. The maximum atomic E-state index is 11.5. The van der Waals surface area contributed by atoms with E-state index in [9.17, 15) is 13.2 Å². The predicted molar refractivity (Wildman–Crippen MR) is 67.9 cm³/mol. The van der Waals surface area contributed by atoms with Gasteiger partial charge in [0.05, 0.1) is 5.69 Å². The lowest BCUT2D eigenvalue weighted by Crippen LogP contribution is -2.37. The number of hydrogen-bond donors (Lipinski definition) is 2. The third-order valence-electron chi connectivity index (χ3n) is 2.41. The van der Waals surface area contributed by atoms with Gasteiger partial charge >= 0.3 is 5.97 Å². The van der Waals surface area contributed by atoms with Crippen LogP contribution in [0.3, 0.4) is 0 Å². The van der Waals surface area contributed by atoms with Crippen LogP contribution < -0.4 is 10.0 Å². The van der Waals surface area contributed by atoms with E-state index in [-0.39, 0.29) is 17.5 Å². The summed E-state index contributed by atoms with van der Waals surface area (Å²) >= 11 is 0. The molecule has 0 fully saturated rings. The number of sulfonamides is 1. The molecule has 6 nitrogen and oxygen atoms in total. The van der Waals surface area contributed by atoms with Crippen LogP contribution in [0.1, 0.15) is 13.8 Å². The van der Waals surface area contributed by atoms with Crippen LogP contribution >= 0.6 is 0 Å². The number of anilines is 1. The summed E-state index contributed by atoms with van der Waals surface area (Å²) in [5.41, 5.74) is 0.303. The summed E-state index contributed by atoms with van der Waals surface area (Å²) < 4.78 is 22.9. The van der Waals surface area contributed by atoms with Crippen LogP contribution in [-0.2, 0) is 14.8 Å². The van der Waals surface area contributed by atoms with E-state index < -0.39 is 16.0 Å². The molecule has 18 heavy (non-hydrogen) atoms. The Kier molecular flexibility index (Phi) is 4.31. The van der Waals surface area contributed by atoms with Crippen molar-refractivity contribution >= 4 is 21.7 Å². The van der Waals surface area contributed by atoms with Crippen molar-refractivity contribution in [3.8, 4) is 0 Å². The van der Waals surface area contributed by atoms with Crippen LogP contribution in [0.5, 0.6) is 0 Å². The molecule has 0 unspecified atom stereocenters. The minimum Gasteiger partial charge on any atom is -0.480 e. The van der Waals surface area contributed by atoms with Gasteiger partial charge in [-0.25, -0.2) is 13.6 Å². The molecule has 0 aliphatic heterocycles. The number of hydrogen-bond acceptors (Lipinski definition) is 4. The van der Waals surface area contributed by atoms with Gasteiger partial charge in [0.1, 0.15) is 11.4 Å². The predicted octanol–water partition coefficient (Wildman–Crippen LogP) is 0.633. The fraction of sp³-hybridized carbons (Fsp3) is 0.364. The van der Waals surface area contributed by atoms with E-state index in [1.54, 1.807) is 32.0 Å². The molecule has 1 rings (SSSR count). The summed E-state index contributed by atoms with van der Waals surface area (Å²) in [6.07, 6.45) is 0. The fourth-order valence-corrected chi connectivity index (χ4v) is 2.37. The van der Waals surface area contributed by atoms with Gasteiger partial charge in [0.25, 0.3) is 0 Å². The topological polar surface area (TPSA) is 101 Å². The van der Waals surface area contributed by atoms with Crippen molar-refractivity contribution in [1.82, 2.24) is 0 Å². The van der Waals surface area contributed by atoms with Crippen molar-refractivity contribution < 1.29 is 18.3 Å². The van der Waals surface area contributed by atoms with Gasteiger partial charge in [-0.05, 0) is 26.0 Å². The highest BCUT2D eigenvalue weighted by Gasteiger charge is 2.21. The van der Waals surface area contributed by atoms with E-state index in [0.29, 0.717) is 5.69 Å². The molecule has 1 aromatic rings. The van der Waals surface area contributed by atoms with Crippen LogP contribution in [0.25, 0.3) is 0 Å². The largest absolute Gasteiger partial charge is 0.480 e. The van der Waals surface area contributed by atoms with Gasteiger partial charge < -0.3 is 10.0 Å². The second kappa shape index (κ2) is 5.36. The Morgan fingerprint density at radius 3 is 2.39 bits per heavy atom. The Hall–Kier alpha value is -1.60. The molecule has 0 radical (unpaired) electrons. The molecule has 0 atom stereocenters. The molecule has 7 heteroatoms. The zero-order chi connectivity index (χ0) is 13.9. The summed E-state index contributed by atoms with van der Waals surface area (Å²) in [6.45, 7) is 3.27. The number of carboxylic acid groups (broad SMARTS) is 1. The Balaban J connectivity index is 3.33. The second-order valence-corrected chi connectivity index (χ2v) is 5.66. The highest BCUT2D eigenvalue weighted by atomic mass is 32.2. The van der Waals surface area contributed by atoms with Crippen molar-refractivity contribution in [2.24, 2.45) is 5.14 Å². The maximum Gasteiger partial charge on any atom is 0.323 e. The van der Waals surface area contributed by atoms with Crippen LogP contribution in [0.4, 0.5) is 5.69 Å². The molecule has 0 saturated heterocycles. The number of benzene rings is 1. The van der Waals surface area contributed by atoms with Gasteiger partial charge in [0.2, 0.25) is 10.0 Å². The van der Waals surface area contributed by atoms with Gasteiger partial charge in [-0.1, -0.05) is 12.1 Å². The quantitative estimate of drug-likeness (QED) is 0.819. The molecular weight excluding hydrogens is 256 g/mol. The third kappa shape index (κ3) is 3.44. The van der Waals surface area contributed by atoms with Crippen molar-refractivity contribution in [3.05, 3.63) is 24.3 Å². The molecule has 1 aromatic carbocycles. The van der Waals surface area contributed by atoms with Crippen molar-refractivity contribution in [2.45, 2.75) is 24.8 Å². The second-order valence-electron chi connectivity index (χ2n) is 4.13. The highest BCUT2D eigenvalue weighted by molar-refractivity contribution is 7.89. The van der Waals surface area contributed by atoms with Gasteiger partial charge in [-0.3, -0.25) is 4.79 Å². The molecule has 100 valence electrons. The Morgan fingerprint density at radius 1 is 1.39 bits per heavy atom. The maximum absolute atomic E-state index is 11.5.